The van der Waals surface area contributed by atoms with Gasteiger partial charge < -0.3 is 14.8 Å². The molecule has 0 unspecified atom stereocenters. The monoisotopic (exact) mass is 387 g/mol. The minimum absolute atomic E-state index is 0.00772. The fourth-order valence-electron chi connectivity index (χ4n) is 2.25. The van der Waals surface area contributed by atoms with Crippen LogP contribution in [-0.2, 0) is 11.3 Å². The molecule has 3 rings (SSSR count). The van der Waals surface area contributed by atoms with Gasteiger partial charge in [0.2, 0.25) is 5.78 Å². The number of amides is 1. The van der Waals surface area contributed by atoms with E-state index in [4.69, 9.17) is 9.47 Å². The van der Waals surface area contributed by atoms with Crippen molar-refractivity contribution in [3.05, 3.63) is 68.5 Å². The Morgan fingerprint density at radius 1 is 1.08 bits per heavy atom. The number of nitrogens with one attached hydrogen (secondary N) is 1. The topological polar surface area (TPSA) is 64.6 Å². The maximum Gasteiger partial charge on any atom is 0.258 e. The first-order valence-corrected chi connectivity index (χ1v) is 9.61. The summed E-state index contributed by atoms with van der Waals surface area (Å²) in [7, 11) is 1.55. The molecule has 0 spiro atoms. The number of para-hydroxylation sites is 2. The van der Waals surface area contributed by atoms with E-state index in [0.29, 0.717) is 28.5 Å². The standard InChI is InChI=1S/C19H17NO4S2/c1-23-15-4-2-3-5-16(15)24-11-18(21)20-10-14-6-7-17(26-14)19(22)13-8-9-25-12-13/h2-9,12H,10-11H2,1H3,(H,20,21). The lowest BCUT2D eigenvalue weighted by Gasteiger charge is -2.10. The number of ether oxygens (including phenoxy) is 2. The zero-order valence-electron chi connectivity index (χ0n) is 14.1. The molecule has 0 aliphatic carbocycles. The lowest BCUT2D eigenvalue weighted by Crippen LogP contribution is -2.28. The lowest BCUT2D eigenvalue weighted by molar-refractivity contribution is -0.123. The normalized spacial score (nSPS) is 10.3. The third-order valence-electron chi connectivity index (χ3n) is 3.56. The van der Waals surface area contributed by atoms with E-state index in [2.05, 4.69) is 5.32 Å². The Hall–Kier alpha value is -2.64. The van der Waals surface area contributed by atoms with Crippen LogP contribution in [0.4, 0.5) is 0 Å². The van der Waals surface area contributed by atoms with Crippen molar-refractivity contribution in [2.75, 3.05) is 13.7 Å². The Labute approximate surface area is 159 Å². The van der Waals surface area contributed by atoms with Gasteiger partial charge in [0.25, 0.3) is 5.91 Å². The molecule has 0 fully saturated rings. The highest BCUT2D eigenvalue weighted by Crippen LogP contribution is 2.25. The van der Waals surface area contributed by atoms with Gasteiger partial charge in [0.15, 0.2) is 18.1 Å². The molecule has 5 nitrogen and oxygen atoms in total. The lowest BCUT2D eigenvalue weighted by atomic mass is 10.2. The average molecular weight is 387 g/mol. The molecule has 0 saturated carbocycles. The van der Waals surface area contributed by atoms with Gasteiger partial charge in [-0.15, -0.1) is 11.3 Å². The Morgan fingerprint density at radius 3 is 2.62 bits per heavy atom. The Balaban J connectivity index is 1.50. The van der Waals surface area contributed by atoms with Crippen molar-refractivity contribution in [1.82, 2.24) is 5.32 Å². The van der Waals surface area contributed by atoms with E-state index in [9.17, 15) is 9.59 Å². The molecule has 0 atom stereocenters. The van der Waals surface area contributed by atoms with Gasteiger partial charge in [-0.05, 0) is 35.7 Å². The van der Waals surface area contributed by atoms with Crippen molar-refractivity contribution >= 4 is 34.4 Å². The van der Waals surface area contributed by atoms with Gasteiger partial charge in [0.1, 0.15) is 0 Å². The highest BCUT2D eigenvalue weighted by atomic mass is 32.1. The summed E-state index contributed by atoms with van der Waals surface area (Å²) in [6.45, 7) is 0.252. The zero-order valence-corrected chi connectivity index (χ0v) is 15.7. The molecule has 26 heavy (non-hydrogen) atoms. The third-order valence-corrected chi connectivity index (χ3v) is 5.32. The summed E-state index contributed by atoms with van der Waals surface area (Å²) in [5.74, 6) is 0.864. The highest BCUT2D eigenvalue weighted by Gasteiger charge is 2.13. The van der Waals surface area contributed by atoms with Crippen LogP contribution in [-0.4, -0.2) is 25.4 Å². The average Bonchev–Trinajstić information content (AvgIpc) is 3.36. The minimum Gasteiger partial charge on any atom is -0.493 e. The van der Waals surface area contributed by atoms with Gasteiger partial charge in [0, 0.05) is 15.8 Å². The number of carbonyl (C=O) groups is 2. The van der Waals surface area contributed by atoms with Gasteiger partial charge >= 0.3 is 0 Å². The smallest absolute Gasteiger partial charge is 0.258 e. The second-order valence-corrected chi connectivity index (χ2v) is 7.27. The van der Waals surface area contributed by atoms with Crippen molar-refractivity contribution in [3.8, 4) is 11.5 Å². The number of hydrogen-bond acceptors (Lipinski definition) is 6. The molecular weight excluding hydrogens is 370 g/mol. The van der Waals surface area contributed by atoms with Crippen molar-refractivity contribution in [2.24, 2.45) is 0 Å². The maximum atomic E-state index is 12.3. The second-order valence-electron chi connectivity index (χ2n) is 5.32. The van der Waals surface area contributed by atoms with Crippen LogP contribution in [0.25, 0.3) is 0 Å². The number of thiophene rings is 2. The molecule has 2 aromatic heterocycles. The number of carbonyl (C=O) groups excluding carboxylic acids is 2. The molecule has 3 aromatic rings. The van der Waals surface area contributed by atoms with Gasteiger partial charge in [-0.2, -0.15) is 11.3 Å². The van der Waals surface area contributed by atoms with Crippen LogP contribution in [0.5, 0.6) is 11.5 Å². The molecule has 1 amide bonds. The summed E-state index contributed by atoms with van der Waals surface area (Å²) in [6.07, 6.45) is 0. The minimum atomic E-state index is -0.241. The van der Waals surface area contributed by atoms with Gasteiger partial charge in [-0.25, -0.2) is 0 Å². The van der Waals surface area contributed by atoms with Gasteiger partial charge in [-0.3, -0.25) is 9.59 Å². The fourth-order valence-corrected chi connectivity index (χ4v) is 3.79. The number of ketones is 1. The Bertz CT molecular complexity index is 887. The van der Waals surface area contributed by atoms with E-state index < -0.39 is 0 Å². The van der Waals surface area contributed by atoms with Gasteiger partial charge in [0.05, 0.1) is 18.5 Å². The summed E-state index contributed by atoms with van der Waals surface area (Å²) in [5.41, 5.74) is 0.692. The number of rotatable bonds is 8. The number of methoxy groups -OCH3 is 1. The quantitative estimate of drug-likeness (QED) is 0.598. The summed E-state index contributed by atoms with van der Waals surface area (Å²) in [4.78, 5) is 25.8. The molecule has 0 bridgehead atoms. The molecule has 0 saturated heterocycles. The van der Waals surface area contributed by atoms with E-state index >= 15 is 0 Å². The summed E-state index contributed by atoms with van der Waals surface area (Å²) < 4.78 is 10.7. The van der Waals surface area contributed by atoms with Crippen LogP contribution in [0, 0.1) is 0 Å². The van der Waals surface area contributed by atoms with Crippen LogP contribution in [0.15, 0.2) is 53.2 Å². The third kappa shape index (κ3) is 4.50. The summed E-state index contributed by atoms with van der Waals surface area (Å²) in [5, 5.41) is 6.50. The van der Waals surface area contributed by atoms with Crippen molar-refractivity contribution in [2.45, 2.75) is 6.54 Å². The summed E-state index contributed by atoms with van der Waals surface area (Å²) in [6, 6.07) is 12.6. The van der Waals surface area contributed by atoms with Crippen molar-refractivity contribution in [3.63, 3.8) is 0 Å². The molecule has 0 aliphatic rings. The Kier molecular flexibility index (Phi) is 6.04. The first kappa shape index (κ1) is 18.2. The zero-order chi connectivity index (χ0) is 18.4. The van der Waals surface area contributed by atoms with Gasteiger partial charge in [-0.1, -0.05) is 12.1 Å². The van der Waals surface area contributed by atoms with E-state index in [-0.39, 0.29) is 18.3 Å². The SMILES string of the molecule is COc1ccccc1OCC(=O)NCc1ccc(C(=O)c2ccsc2)s1. The first-order valence-electron chi connectivity index (χ1n) is 7.85. The molecule has 7 heteroatoms. The van der Waals surface area contributed by atoms with Crippen molar-refractivity contribution in [1.29, 1.82) is 0 Å². The molecule has 0 aliphatic heterocycles. The maximum absolute atomic E-state index is 12.3. The van der Waals surface area contributed by atoms with E-state index in [1.54, 1.807) is 25.3 Å². The van der Waals surface area contributed by atoms with Crippen LogP contribution >= 0.6 is 22.7 Å². The fraction of sp³-hybridized carbons (Fsp3) is 0.158. The largest absolute Gasteiger partial charge is 0.493 e. The predicted molar refractivity (Wildman–Crippen MR) is 102 cm³/mol. The van der Waals surface area contributed by atoms with Crippen LogP contribution in [0.1, 0.15) is 20.1 Å². The molecule has 0 radical (unpaired) electrons. The van der Waals surface area contributed by atoms with Crippen LogP contribution in [0.3, 0.4) is 0 Å². The second kappa shape index (κ2) is 8.64. The first-order chi connectivity index (χ1) is 12.7. The molecule has 1 aromatic carbocycles. The predicted octanol–water partition coefficient (Wildman–Crippen LogP) is 3.74. The highest BCUT2D eigenvalue weighted by molar-refractivity contribution is 7.14. The van der Waals surface area contributed by atoms with E-state index in [1.807, 2.05) is 35.0 Å². The molecule has 1 N–H and O–H groups in total. The number of hydrogen-bond donors (Lipinski definition) is 1. The Morgan fingerprint density at radius 2 is 1.88 bits per heavy atom. The molecular formula is C19H17NO4S2. The molecule has 134 valence electrons. The van der Waals surface area contributed by atoms with Crippen molar-refractivity contribution < 1.29 is 19.1 Å². The van der Waals surface area contributed by atoms with E-state index in [0.717, 1.165) is 4.88 Å². The molecule has 2 heterocycles. The van der Waals surface area contributed by atoms with Crippen LogP contribution < -0.4 is 14.8 Å². The van der Waals surface area contributed by atoms with E-state index in [1.165, 1.54) is 22.7 Å². The van der Waals surface area contributed by atoms with Crippen LogP contribution in [0.2, 0.25) is 0 Å². The summed E-state index contributed by atoms with van der Waals surface area (Å²) >= 11 is 2.88. The number of benzene rings is 1.